The van der Waals surface area contributed by atoms with Gasteiger partial charge in [-0.2, -0.15) is 0 Å². The van der Waals surface area contributed by atoms with Crippen molar-refractivity contribution in [3.8, 4) is 0 Å². The molecule has 0 aliphatic heterocycles. The molecule has 0 saturated heterocycles. The fourth-order valence-corrected chi connectivity index (χ4v) is 4.50. The highest BCUT2D eigenvalue weighted by atomic mass is 32.1. The van der Waals surface area contributed by atoms with Gasteiger partial charge in [-0.1, -0.05) is 60.7 Å². The van der Waals surface area contributed by atoms with Crippen LogP contribution in [0, 0.1) is 6.92 Å². The fraction of sp³-hybridized carbons (Fsp3) is 0.200. The van der Waals surface area contributed by atoms with E-state index in [9.17, 15) is 14.4 Å². The van der Waals surface area contributed by atoms with Crippen molar-refractivity contribution in [2.24, 2.45) is 0 Å². The Kier molecular flexibility index (Phi) is 6.65. The number of hydrogen-bond acceptors (Lipinski definition) is 6. The topological polar surface area (TPSA) is 81.5 Å². The van der Waals surface area contributed by atoms with E-state index in [1.54, 1.807) is 18.9 Å². The molecule has 8 heteroatoms. The average Bonchev–Trinajstić information content (AvgIpc) is 3.17. The molecule has 0 bridgehead atoms. The van der Waals surface area contributed by atoms with Gasteiger partial charge in [0, 0.05) is 13.6 Å². The number of carbonyl (C=O) groups excluding carboxylic acids is 2. The van der Waals surface area contributed by atoms with Crippen molar-refractivity contribution < 1.29 is 14.3 Å². The predicted molar refractivity (Wildman–Crippen MR) is 127 cm³/mol. The average molecular weight is 462 g/mol. The Labute approximate surface area is 194 Å². The van der Waals surface area contributed by atoms with Crippen molar-refractivity contribution in [1.82, 2.24) is 14.5 Å². The second-order valence-corrected chi connectivity index (χ2v) is 8.71. The molecule has 0 fully saturated rings. The number of ether oxygens (including phenoxy) is 1. The fourth-order valence-electron chi connectivity index (χ4n) is 3.47. The van der Waals surface area contributed by atoms with Crippen LogP contribution in [0.4, 0.5) is 0 Å². The summed E-state index contributed by atoms with van der Waals surface area (Å²) in [5.74, 6) is -0.707. The van der Waals surface area contributed by atoms with Gasteiger partial charge in [0.1, 0.15) is 22.9 Å². The molecule has 2 aromatic carbocycles. The molecule has 0 unspecified atom stereocenters. The highest BCUT2D eigenvalue weighted by Gasteiger charge is 2.21. The summed E-state index contributed by atoms with van der Waals surface area (Å²) in [5.41, 5.74) is 2.05. The van der Waals surface area contributed by atoms with Crippen molar-refractivity contribution in [2.75, 3.05) is 7.05 Å². The van der Waals surface area contributed by atoms with Crippen molar-refractivity contribution in [3.63, 3.8) is 0 Å². The second kappa shape index (κ2) is 9.79. The van der Waals surface area contributed by atoms with E-state index in [0.717, 1.165) is 22.5 Å². The third-order valence-corrected chi connectivity index (χ3v) is 6.49. The van der Waals surface area contributed by atoms with Gasteiger partial charge in [-0.3, -0.25) is 14.2 Å². The molecule has 168 valence electrons. The van der Waals surface area contributed by atoms with Crippen LogP contribution in [0.25, 0.3) is 10.2 Å². The molecule has 4 aromatic rings. The number of benzene rings is 2. The maximum absolute atomic E-state index is 13.1. The minimum atomic E-state index is -0.496. The molecule has 2 heterocycles. The van der Waals surface area contributed by atoms with E-state index in [1.165, 1.54) is 10.9 Å². The minimum absolute atomic E-state index is 0.131. The van der Waals surface area contributed by atoms with Crippen LogP contribution >= 0.6 is 11.3 Å². The summed E-state index contributed by atoms with van der Waals surface area (Å²) in [5, 5.41) is 0.340. The van der Waals surface area contributed by atoms with Gasteiger partial charge in [-0.15, -0.1) is 11.3 Å². The van der Waals surface area contributed by atoms with E-state index in [4.69, 9.17) is 4.74 Å². The van der Waals surface area contributed by atoms with Crippen LogP contribution in [0.1, 0.15) is 26.4 Å². The smallest absolute Gasteiger partial charge is 0.349 e. The van der Waals surface area contributed by atoms with Crippen LogP contribution in [-0.4, -0.2) is 33.4 Å². The lowest BCUT2D eigenvalue weighted by atomic mass is 10.2. The first-order valence-electron chi connectivity index (χ1n) is 10.4. The van der Waals surface area contributed by atoms with E-state index in [2.05, 4.69) is 4.98 Å². The molecule has 1 amide bonds. The number of aromatic nitrogens is 2. The Morgan fingerprint density at radius 1 is 1.03 bits per heavy atom. The standard InChI is InChI=1S/C25H23N3O4S/c1-17-21-23(33-22(17)25(31)32-15-19-11-7-4-8-12-19)26-16-28(24(21)30)14-20(29)27(2)13-18-9-5-3-6-10-18/h3-12,16H,13-15H2,1-2H3. The molecule has 33 heavy (non-hydrogen) atoms. The van der Waals surface area contributed by atoms with Crippen LogP contribution in [0.5, 0.6) is 0 Å². The van der Waals surface area contributed by atoms with Crippen LogP contribution in [0.3, 0.4) is 0 Å². The second-order valence-electron chi connectivity index (χ2n) is 7.71. The molecule has 0 spiro atoms. The van der Waals surface area contributed by atoms with E-state index in [0.29, 0.717) is 27.2 Å². The van der Waals surface area contributed by atoms with Gasteiger partial charge >= 0.3 is 5.97 Å². The number of aryl methyl sites for hydroxylation is 1. The number of thiophene rings is 1. The summed E-state index contributed by atoms with van der Waals surface area (Å²) in [6.45, 7) is 2.16. The number of fused-ring (bicyclic) bond motifs is 1. The Morgan fingerprint density at radius 2 is 1.67 bits per heavy atom. The molecule has 0 aliphatic carbocycles. The Hall–Kier alpha value is -3.78. The van der Waals surface area contributed by atoms with Gasteiger partial charge in [0.15, 0.2) is 0 Å². The van der Waals surface area contributed by atoms with Crippen molar-refractivity contribution in [1.29, 1.82) is 0 Å². The van der Waals surface area contributed by atoms with Gasteiger partial charge in [-0.25, -0.2) is 9.78 Å². The summed E-state index contributed by atoms with van der Waals surface area (Å²) < 4.78 is 6.70. The molecule has 0 N–H and O–H groups in total. The predicted octanol–water partition coefficient (Wildman–Crippen LogP) is 3.78. The van der Waals surface area contributed by atoms with Crippen LogP contribution in [-0.2, 0) is 29.2 Å². The van der Waals surface area contributed by atoms with Crippen LogP contribution < -0.4 is 5.56 Å². The molecule has 4 rings (SSSR count). The Balaban J connectivity index is 1.51. The van der Waals surface area contributed by atoms with E-state index >= 15 is 0 Å². The lowest BCUT2D eigenvalue weighted by Gasteiger charge is -2.17. The monoisotopic (exact) mass is 461 g/mol. The third-order valence-electron chi connectivity index (χ3n) is 5.31. The zero-order valence-corrected chi connectivity index (χ0v) is 19.2. The summed E-state index contributed by atoms with van der Waals surface area (Å²) in [6, 6.07) is 19.0. The van der Waals surface area contributed by atoms with Crippen LogP contribution in [0.2, 0.25) is 0 Å². The number of esters is 1. The highest BCUT2D eigenvalue weighted by molar-refractivity contribution is 7.20. The molecule has 0 radical (unpaired) electrons. The first kappa shape index (κ1) is 22.4. The quantitative estimate of drug-likeness (QED) is 0.391. The molecule has 0 atom stereocenters. The third kappa shape index (κ3) is 5.01. The zero-order chi connectivity index (χ0) is 23.4. The normalized spacial score (nSPS) is 10.8. The molecule has 2 aromatic heterocycles. The van der Waals surface area contributed by atoms with Gasteiger partial charge < -0.3 is 9.64 Å². The molecule has 0 aliphatic rings. The Bertz CT molecular complexity index is 1350. The summed E-state index contributed by atoms with van der Waals surface area (Å²) in [6.07, 6.45) is 1.36. The number of amides is 1. The SMILES string of the molecule is Cc1c(C(=O)OCc2ccccc2)sc2ncn(CC(=O)N(C)Cc3ccccc3)c(=O)c12. The first-order valence-corrected chi connectivity index (χ1v) is 11.2. The summed E-state index contributed by atoms with van der Waals surface area (Å²) in [7, 11) is 1.70. The Morgan fingerprint density at radius 3 is 2.33 bits per heavy atom. The molecule has 0 saturated carbocycles. The lowest BCUT2D eigenvalue weighted by molar-refractivity contribution is -0.131. The first-order chi connectivity index (χ1) is 15.9. The highest BCUT2D eigenvalue weighted by Crippen LogP contribution is 2.27. The summed E-state index contributed by atoms with van der Waals surface area (Å²) in [4.78, 5) is 45.1. The number of nitrogens with zero attached hydrogens (tertiary/aromatic N) is 3. The van der Waals surface area contributed by atoms with Crippen molar-refractivity contribution >= 4 is 33.4 Å². The van der Waals surface area contributed by atoms with E-state index in [1.807, 2.05) is 60.7 Å². The van der Waals surface area contributed by atoms with Gasteiger partial charge in [0.25, 0.3) is 5.56 Å². The zero-order valence-electron chi connectivity index (χ0n) is 18.4. The minimum Gasteiger partial charge on any atom is -0.457 e. The van der Waals surface area contributed by atoms with Crippen molar-refractivity contribution in [2.45, 2.75) is 26.6 Å². The maximum atomic E-state index is 13.1. The maximum Gasteiger partial charge on any atom is 0.349 e. The molecular formula is C25H23N3O4S. The number of carbonyl (C=O) groups is 2. The lowest BCUT2D eigenvalue weighted by Crippen LogP contribution is -2.33. The van der Waals surface area contributed by atoms with Crippen molar-refractivity contribution in [3.05, 3.63) is 98.9 Å². The number of rotatable bonds is 7. The largest absolute Gasteiger partial charge is 0.457 e. The van der Waals surface area contributed by atoms with Gasteiger partial charge in [0.05, 0.1) is 11.7 Å². The number of likely N-dealkylation sites (N-methyl/N-ethyl adjacent to an activating group) is 1. The molecule has 7 nitrogen and oxygen atoms in total. The van der Waals surface area contributed by atoms with E-state index in [-0.39, 0.29) is 24.6 Å². The van der Waals surface area contributed by atoms with E-state index < -0.39 is 5.97 Å². The number of hydrogen-bond donors (Lipinski definition) is 0. The van der Waals surface area contributed by atoms with Crippen LogP contribution in [0.15, 0.2) is 71.8 Å². The molecular weight excluding hydrogens is 438 g/mol. The van der Waals surface area contributed by atoms with Gasteiger partial charge in [0.2, 0.25) is 5.91 Å². The van der Waals surface area contributed by atoms with Gasteiger partial charge in [-0.05, 0) is 23.6 Å². The summed E-state index contributed by atoms with van der Waals surface area (Å²) >= 11 is 1.12.